The monoisotopic (exact) mass is 129 g/mol. The zero-order chi connectivity index (χ0) is 7.28. The van der Waals surface area contributed by atoms with Crippen LogP contribution in [0.25, 0.3) is 0 Å². The van der Waals surface area contributed by atoms with E-state index in [2.05, 4.69) is 11.3 Å². The van der Waals surface area contributed by atoms with E-state index in [-0.39, 0.29) is 11.7 Å². The van der Waals surface area contributed by atoms with E-state index in [0.717, 1.165) is 0 Å². The van der Waals surface area contributed by atoms with E-state index in [0.29, 0.717) is 6.61 Å². The van der Waals surface area contributed by atoms with Gasteiger partial charge in [-0.1, -0.05) is 6.58 Å². The van der Waals surface area contributed by atoms with Crippen molar-refractivity contribution in [2.45, 2.75) is 6.92 Å². The molecule has 0 amide bonds. The van der Waals surface area contributed by atoms with Crippen LogP contribution in [0.3, 0.4) is 0 Å². The standard InChI is InChI=1S/C6H11NO2/c1-4-9-5(2)6(7)8-3/h7H,2,4H2,1,3H3. The van der Waals surface area contributed by atoms with Gasteiger partial charge in [0.1, 0.15) is 0 Å². The van der Waals surface area contributed by atoms with Gasteiger partial charge in [0.2, 0.25) is 5.90 Å². The van der Waals surface area contributed by atoms with E-state index in [4.69, 9.17) is 10.1 Å². The van der Waals surface area contributed by atoms with E-state index in [1.54, 1.807) is 0 Å². The summed E-state index contributed by atoms with van der Waals surface area (Å²) in [5.41, 5.74) is 0. The van der Waals surface area contributed by atoms with Crippen LogP contribution in [-0.2, 0) is 9.47 Å². The second-order valence-corrected chi connectivity index (χ2v) is 1.39. The van der Waals surface area contributed by atoms with Crippen molar-refractivity contribution in [1.29, 1.82) is 5.41 Å². The van der Waals surface area contributed by atoms with Gasteiger partial charge in [-0.2, -0.15) is 0 Å². The molecule has 0 rings (SSSR count). The Hall–Kier alpha value is -0.990. The zero-order valence-electron chi connectivity index (χ0n) is 5.73. The molecule has 0 aromatic heterocycles. The van der Waals surface area contributed by atoms with E-state index in [1.807, 2.05) is 6.92 Å². The van der Waals surface area contributed by atoms with Crippen LogP contribution in [0.5, 0.6) is 0 Å². The first-order chi connectivity index (χ1) is 4.22. The van der Waals surface area contributed by atoms with E-state index >= 15 is 0 Å². The fourth-order valence-corrected chi connectivity index (χ4v) is 0.354. The molecular weight excluding hydrogens is 118 g/mol. The summed E-state index contributed by atoms with van der Waals surface area (Å²) in [6, 6.07) is 0. The molecule has 0 bridgehead atoms. The van der Waals surface area contributed by atoms with E-state index < -0.39 is 0 Å². The maximum Gasteiger partial charge on any atom is 0.248 e. The predicted octanol–water partition coefficient (Wildman–Crippen LogP) is 1.16. The molecule has 0 spiro atoms. The minimum Gasteiger partial charge on any atom is -0.489 e. The van der Waals surface area contributed by atoms with Crippen molar-refractivity contribution in [2.24, 2.45) is 0 Å². The number of nitrogens with one attached hydrogen (secondary N) is 1. The average molecular weight is 129 g/mol. The van der Waals surface area contributed by atoms with Crippen molar-refractivity contribution >= 4 is 5.90 Å². The van der Waals surface area contributed by atoms with Gasteiger partial charge < -0.3 is 9.47 Å². The van der Waals surface area contributed by atoms with Gasteiger partial charge in [-0.05, 0) is 6.92 Å². The Balaban J connectivity index is 3.60. The maximum atomic E-state index is 7.00. The van der Waals surface area contributed by atoms with E-state index in [1.165, 1.54) is 7.11 Å². The molecule has 0 fully saturated rings. The Morgan fingerprint density at radius 3 is 2.56 bits per heavy atom. The Morgan fingerprint density at radius 1 is 1.67 bits per heavy atom. The molecule has 0 heterocycles. The molecule has 52 valence electrons. The van der Waals surface area contributed by atoms with Gasteiger partial charge in [0.05, 0.1) is 13.7 Å². The summed E-state index contributed by atoms with van der Waals surface area (Å²) in [5.74, 6) is 0.261. The zero-order valence-corrected chi connectivity index (χ0v) is 5.73. The maximum absolute atomic E-state index is 7.00. The molecule has 0 saturated carbocycles. The Labute approximate surface area is 54.8 Å². The summed E-state index contributed by atoms with van der Waals surface area (Å²) in [5, 5.41) is 7.00. The highest BCUT2D eigenvalue weighted by Crippen LogP contribution is 1.94. The molecule has 0 unspecified atom stereocenters. The van der Waals surface area contributed by atoms with Crippen LogP contribution in [0.1, 0.15) is 6.92 Å². The number of ether oxygens (including phenoxy) is 2. The third-order valence-corrected chi connectivity index (χ3v) is 0.776. The molecule has 0 saturated heterocycles. The first-order valence-electron chi connectivity index (χ1n) is 2.67. The number of rotatable bonds is 3. The Bertz CT molecular complexity index is 120. The van der Waals surface area contributed by atoms with Gasteiger partial charge in [-0.15, -0.1) is 0 Å². The minimum atomic E-state index is -0.0168. The molecule has 0 radical (unpaired) electrons. The fourth-order valence-electron chi connectivity index (χ4n) is 0.354. The number of hydrogen-bond acceptors (Lipinski definition) is 3. The average Bonchev–Trinajstić information content (AvgIpc) is 1.87. The molecular formula is C6H11NO2. The largest absolute Gasteiger partial charge is 0.489 e. The summed E-state index contributed by atoms with van der Waals surface area (Å²) in [6.07, 6.45) is 0. The van der Waals surface area contributed by atoms with Crippen LogP contribution in [-0.4, -0.2) is 19.6 Å². The molecule has 3 heteroatoms. The fraction of sp³-hybridized carbons (Fsp3) is 0.500. The van der Waals surface area contributed by atoms with Crippen LogP contribution >= 0.6 is 0 Å². The van der Waals surface area contributed by atoms with Crippen LogP contribution in [0.15, 0.2) is 12.3 Å². The second kappa shape index (κ2) is 3.95. The molecule has 0 aliphatic carbocycles. The quantitative estimate of drug-likeness (QED) is 0.353. The highest BCUT2D eigenvalue weighted by Gasteiger charge is 1.99. The molecule has 0 atom stereocenters. The van der Waals surface area contributed by atoms with Gasteiger partial charge >= 0.3 is 0 Å². The molecule has 1 N–H and O–H groups in total. The third-order valence-electron chi connectivity index (χ3n) is 0.776. The van der Waals surface area contributed by atoms with Crippen LogP contribution in [0, 0.1) is 5.41 Å². The first-order valence-corrected chi connectivity index (χ1v) is 2.67. The van der Waals surface area contributed by atoms with Crippen molar-refractivity contribution in [1.82, 2.24) is 0 Å². The lowest BCUT2D eigenvalue weighted by Crippen LogP contribution is -2.05. The summed E-state index contributed by atoms with van der Waals surface area (Å²) < 4.78 is 9.37. The first kappa shape index (κ1) is 8.01. The van der Waals surface area contributed by atoms with Crippen molar-refractivity contribution in [3.8, 4) is 0 Å². The van der Waals surface area contributed by atoms with Crippen LogP contribution < -0.4 is 0 Å². The lowest BCUT2D eigenvalue weighted by molar-refractivity contribution is 0.233. The number of hydrogen-bond donors (Lipinski definition) is 1. The normalized spacial score (nSPS) is 8.22. The summed E-state index contributed by atoms with van der Waals surface area (Å²) in [7, 11) is 1.41. The van der Waals surface area contributed by atoms with Crippen LogP contribution in [0.2, 0.25) is 0 Å². The van der Waals surface area contributed by atoms with Gasteiger partial charge in [-0.25, -0.2) is 0 Å². The van der Waals surface area contributed by atoms with Gasteiger partial charge in [0, 0.05) is 0 Å². The van der Waals surface area contributed by atoms with Crippen molar-refractivity contribution in [3.05, 3.63) is 12.3 Å². The highest BCUT2D eigenvalue weighted by atomic mass is 16.5. The topological polar surface area (TPSA) is 42.3 Å². The Morgan fingerprint density at radius 2 is 2.22 bits per heavy atom. The smallest absolute Gasteiger partial charge is 0.248 e. The molecule has 9 heavy (non-hydrogen) atoms. The summed E-state index contributed by atoms with van der Waals surface area (Å²) >= 11 is 0. The molecule has 0 aromatic rings. The second-order valence-electron chi connectivity index (χ2n) is 1.39. The predicted molar refractivity (Wildman–Crippen MR) is 35.5 cm³/mol. The van der Waals surface area contributed by atoms with Gasteiger partial charge in [-0.3, -0.25) is 5.41 Å². The number of methoxy groups -OCH3 is 1. The van der Waals surface area contributed by atoms with Crippen molar-refractivity contribution in [2.75, 3.05) is 13.7 Å². The van der Waals surface area contributed by atoms with E-state index in [9.17, 15) is 0 Å². The van der Waals surface area contributed by atoms with Gasteiger partial charge in [0.15, 0.2) is 5.76 Å². The summed E-state index contributed by atoms with van der Waals surface area (Å²) in [4.78, 5) is 0. The van der Waals surface area contributed by atoms with Crippen molar-refractivity contribution in [3.63, 3.8) is 0 Å². The minimum absolute atomic E-state index is 0.0168. The molecule has 0 aliphatic rings. The van der Waals surface area contributed by atoms with Gasteiger partial charge in [0.25, 0.3) is 0 Å². The lowest BCUT2D eigenvalue weighted by atomic mass is 10.5. The third kappa shape index (κ3) is 2.74. The van der Waals surface area contributed by atoms with Crippen molar-refractivity contribution < 1.29 is 9.47 Å². The van der Waals surface area contributed by atoms with Crippen LogP contribution in [0.4, 0.5) is 0 Å². The SMILES string of the molecule is C=C(OCC)C(=N)OC. The highest BCUT2D eigenvalue weighted by molar-refractivity contribution is 5.87. The lowest BCUT2D eigenvalue weighted by Gasteiger charge is -2.04. The molecule has 0 aliphatic heterocycles. The molecule has 0 aromatic carbocycles. The molecule has 3 nitrogen and oxygen atoms in total. The Kier molecular flexibility index (Phi) is 3.51. The summed E-state index contributed by atoms with van der Waals surface area (Å²) in [6.45, 7) is 5.79.